The first-order chi connectivity index (χ1) is 6.68. The number of nitrogens with one attached hydrogen (secondary N) is 2. The first-order valence-corrected chi connectivity index (χ1v) is 4.99. The van der Waals surface area contributed by atoms with E-state index in [2.05, 4.69) is 15.5 Å². The van der Waals surface area contributed by atoms with E-state index in [4.69, 9.17) is 0 Å². The third-order valence-electron chi connectivity index (χ3n) is 2.77. The van der Waals surface area contributed by atoms with E-state index < -0.39 is 0 Å². The fraction of sp³-hybridized carbons (Fsp3) is 0.600. The van der Waals surface area contributed by atoms with Crippen LogP contribution in [0.3, 0.4) is 0 Å². The van der Waals surface area contributed by atoms with E-state index in [0.717, 1.165) is 29.8 Å². The van der Waals surface area contributed by atoms with Gasteiger partial charge < -0.3 is 5.32 Å². The molecule has 1 atom stereocenters. The number of piperidine rings is 1. The van der Waals surface area contributed by atoms with Crippen molar-refractivity contribution >= 4 is 5.91 Å². The number of aryl methyl sites for hydroxylation is 2. The van der Waals surface area contributed by atoms with Gasteiger partial charge in [0, 0.05) is 17.7 Å². The molecule has 1 aromatic heterocycles. The van der Waals surface area contributed by atoms with Gasteiger partial charge in [-0.1, -0.05) is 0 Å². The highest BCUT2D eigenvalue weighted by Crippen LogP contribution is 2.26. The van der Waals surface area contributed by atoms with Crippen molar-refractivity contribution in [2.75, 3.05) is 0 Å². The quantitative estimate of drug-likeness (QED) is 0.707. The smallest absolute Gasteiger partial charge is 0.220 e. The molecule has 1 amide bonds. The van der Waals surface area contributed by atoms with Gasteiger partial charge in [-0.2, -0.15) is 5.10 Å². The summed E-state index contributed by atoms with van der Waals surface area (Å²) in [5.74, 6) is 0.154. The molecule has 14 heavy (non-hydrogen) atoms. The predicted octanol–water partition coefficient (Wildman–Crippen LogP) is 1.37. The van der Waals surface area contributed by atoms with Crippen LogP contribution < -0.4 is 5.32 Å². The number of hydrogen-bond donors (Lipinski definition) is 2. The third-order valence-corrected chi connectivity index (χ3v) is 2.77. The zero-order valence-electron chi connectivity index (χ0n) is 8.55. The van der Waals surface area contributed by atoms with Gasteiger partial charge in [0.25, 0.3) is 0 Å². The maximum Gasteiger partial charge on any atom is 0.220 e. The van der Waals surface area contributed by atoms with Crippen molar-refractivity contribution in [3.63, 3.8) is 0 Å². The lowest BCUT2D eigenvalue weighted by Gasteiger charge is -2.23. The molecular formula is C10H15N3O. The molecule has 0 unspecified atom stereocenters. The zero-order chi connectivity index (χ0) is 10.1. The summed E-state index contributed by atoms with van der Waals surface area (Å²) in [7, 11) is 0. The SMILES string of the molecule is Cc1n[nH]c(C)c1[C@H]1CCCC(=O)N1. The van der Waals surface area contributed by atoms with E-state index in [-0.39, 0.29) is 11.9 Å². The van der Waals surface area contributed by atoms with Crippen molar-refractivity contribution in [2.45, 2.75) is 39.2 Å². The number of carbonyl (C=O) groups excluding carboxylic acids is 1. The van der Waals surface area contributed by atoms with Crippen molar-refractivity contribution in [1.29, 1.82) is 0 Å². The molecule has 0 aliphatic carbocycles. The van der Waals surface area contributed by atoms with Crippen molar-refractivity contribution < 1.29 is 4.79 Å². The molecule has 76 valence electrons. The zero-order valence-corrected chi connectivity index (χ0v) is 8.55. The van der Waals surface area contributed by atoms with Crippen LogP contribution in [0.15, 0.2) is 0 Å². The number of amides is 1. The Kier molecular flexibility index (Phi) is 2.27. The summed E-state index contributed by atoms with van der Waals surface area (Å²) in [6.45, 7) is 3.97. The van der Waals surface area contributed by atoms with Crippen LogP contribution in [-0.4, -0.2) is 16.1 Å². The Labute approximate surface area is 83.1 Å². The van der Waals surface area contributed by atoms with Crippen LogP contribution in [0.5, 0.6) is 0 Å². The lowest BCUT2D eigenvalue weighted by Crippen LogP contribution is -2.32. The van der Waals surface area contributed by atoms with E-state index in [0.29, 0.717) is 6.42 Å². The minimum absolute atomic E-state index is 0.154. The minimum Gasteiger partial charge on any atom is -0.349 e. The fourth-order valence-electron chi connectivity index (χ4n) is 2.09. The summed E-state index contributed by atoms with van der Waals surface area (Å²) in [6, 6.07) is 0.162. The van der Waals surface area contributed by atoms with Crippen LogP contribution in [0, 0.1) is 13.8 Å². The average molecular weight is 193 g/mol. The van der Waals surface area contributed by atoms with Gasteiger partial charge >= 0.3 is 0 Å². The molecule has 1 aliphatic rings. The Morgan fingerprint density at radius 1 is 1.43 bits per heavy atom. The summed E-state index contributed by atoms with van der Waals surface area (Å²) >= 11 is 0. The normalized spacial score (nSPS) is 22.1. The van der Waals surface area contributed by atoms with Gasteiger partial charge in [-0.15, -0.1) is 0 Å². The Morgan fingerprint density at radius 2 is 2.21 bits per heavy atom. The lowest BCUT2D eigenvalue weighted by molar-refractivity contribution is -0.123. The number of aromatic amines is 1. The van der Waals surface area contributed by atoms with Gasteiger partial charge in [0.05, 0.1) is 11.7 Å². The van der Waals surface area contributed by atoms with Crippen molar-refractivity contribution in [1.82, 2.24) is 15.5 Å². The lowest BCUT2D eigenvalue weighted by atomic mass is 9.96. The highest BCUT2D eigenvalue weighted by molar-refractivity contribution is 5.77. The maximum absolute atomic E-state index is 11.2. The van der Waals surface area contributed by atoms with Gasteiger partial charge in [-0.25, -0.2) is 0 Å². The van der Waals surface area contributed by atoms with E-state index in [1.54, 1.807) is 0 Å². The number of aromatic nitrogens is 2. The molecule has 1 fully saturated rings. The molecule has 0 aromatic carbocycles. The number of hydrogen-bond acceptors (Lipinski definition) is 2. The molecule has 0 bridgehead atoms. The first-order valence-electron chi connectivity index (χ1n) is 4.99. The average Bonchev–Trinajstić information content (AvgIpc) is 2.46. The van der Waals surface area contributed by atoms with Gasteiger partial charge in [0.2, 0.25) is 5.91 Å². The van der Waals surface area contributed by atoms with Gasteiger partial charge in [0.1, 0.15) is 0 Å². The third kappa shape index (κ3) is 1.52. The predicted molar refractivity (Wildman–Crippen MR) is 52.8 cm³/mol. The van der Waals surface area contributed by atoms with Crippen molar-refractivity contribution in [2.24, 2.45) is 0 Å². The Bertz CT molecular complexity index is 337. The maximum atomic E-state index is 11.2. The highest BCUT2D eigenvalue weighted by Gasteiger charge is 2.23. The summed E-state index contributed by atoms with van der Waals surface area (Å²) in [4.78, 5) is 11.2. The molecule has 4 heteroatoms. The van der Waals surface area contributed by atoms with E-state index in [9.17, 15) is 4.79 Å². The Balaban J connectivity index is 2.25. The van der Waals surface area contributed by atoms with Crippen molar-refractivity contribution in [3.8, 4) is 0 Å². The van der Waals surface area contributed by atoms with Crippen LogP contribution in [0.1, 0.15) is 42.3 Å². The first kappa shape index (κ1) is 9.24. The highest BCUT2D eigenvalue weighted by atomic mass is 16.1. The molecular weight excluding hydrogens is 178 g/mol. The van der Waals surface area contributed by atoms with Crippen LogP contribution in [0.4, 0.5) is 0 Å². The largest absolute Gasteiger partial charge is 0.349 e. The van der Waals surface area contributed by atoms with Crippen molar-refractivity contribution in [3.05, 3.63) is 17.0 Å². The summed E-state index contributed by atoms with van der Waals surface area (Å²) in [5, 5.41) is 10.1. The van der Waals surface area contributed by atoms with E-state index >= 15 is 0 Å². The molecule has 4 nitrogen and oxygen atoms in total. The van der Waals surface area contributed by atoms with Crippen LogP contribution in [-0.2, 0) is 4.79 Å². The molecule has 2 heterocycles. The minimum atomic E-state index is 0.154. The van der Waals surface area contributed by atoms with Gasteiger partial charge in [-0.3, -0.25) is 9.89 Å². The number of rotatable bonds is 1. The molecule has 2 N–H and O–H groups in total. The number of nitrogens with zero attached hydrogens (tertiary/aromatic N) is 1. The molecule has 2 rings (SSSR count). The molecule has 1 aromatic rings. The second-order valence-corrected chi connectivity index (χ2v) is 3.86. The van der Waals surface area contributed by atoms with Crippen LogP contribution in [0.25, 0.3) is 0 Å². The number of carbonyl (C=O) groups is 1. The molecule has 1 aliphatic heterocycles. The molecule has 0 spiro atoms. The van der Waals surface area contributed by atoms with Crippen LogP contribution >= 0.6 is 0 Å². The van der Waals surface area contributed by atoms with E-state index in [1.165, 1.54) is 0 Å². The second-order valence-electron chi connectivity index (χ2n) is 3.86. The number of H-pyrrole nitrogens is 1. The summed E-state index contributed by atoms with van der Waals surface area (Å²) in [5.41, 5.74) is 3.22. The van der Waals surface area contributed by atoms with Gasteiger partial charge in [0.15, 0.2) is 0 Å². The summed E-state index contributed by atoms with van der Waals surface area (Å²) < 4.78 is 0. The standard InChI is InChI=1S/C10H15N3O/c1-6-10(7(2)13-12-6)8-4-3-5-9(14)11-8/h8H,3-5H2,1-2H3,(H,11,14)(H,12,13)/t8-/m1/s1. The Hall–Kier alpha value is -1.32. The Morgan fingerprint density at radius 3 is 2.79 bits per heavy atom. The molecule has 0 saturated carbocycles. The van der Waals surface area contributed by atoms with E-state index in [1.807, 2.05) is 13.8 Å². The molecule has 0 radical (unpaired) electrons. The summed E-state index contributed by atoms with van der Waals surface area (Å²) in [6.07, 6.45) is 2.65. The molecule has 1 saturated heterocycles. The monoisotopic (exact) mass is 193 g/mol. The second kappa shape index (κ2) is 3.44. The van der Waals surface area contributed by atoms with Crippen LogP contribution in [0.2, 0.25) is 0 Å². The topological polar surface area (TPSA) is 57.8 Å². The fourth-order valence-corrected chi connectivity index (χ4v) is 2.09. The van der Waals surface area contributed by atoms with Gasteiger partial charge in [-0.05, 0) is 26.7 Å².